The Hall–Kier alpha value is -4.28. The fourth-order valence-electron chi connectivity index (χ4n) is 3.07. The second-order valence-corrected chi connectivity index (χ2v) is 6.77. The summed E-state index contributed by atoms with van der Waals surface area (Å²) in [4.78, 5) is 25.0. The van der Waals surface area contributed by atoms with Crippen LogP contribution in [0.25, 0.3) is 22.6 Å². The molecular formula is C21H22N8O3. The van der Waals surface area contributed by atoms with Crippen LogP contribution in [0, 0.1) is 0 Å². The SMILES string of the molecule is CCNC(=O)Nc1ccc2ncc(-c3cn(Cc4ccc(OC)c(OC)c4)nn3)nc2n1. The Bertz CT molecular complexity index is 1260. The molecule has 3 heterocycles. The highest BCUT2D eigenvalue weighted by Crippen LogP contribution is 2.28. The number of ether oxygens (including phenoxy) is 2. The number of fused-ring (bicyclic) bond motifs is 1. The molecule has 164 valence electrons. The molecule has 0 atom stereocenters. The van der Waals surface area contributed by atoms with Crippen LogP contribution in [0.1, 0.15) is 12.5 Å². The van der Waals surface area contributed by atoms with Crippen LogP contribution in [0.2, 0.25) is 0 Å². The molecule has 4 aromatic rings. The van der Waals surface area contributed by atoms with Crippen LogP contribution in [-0.4, -0.2) is 56.7 Å². The van der Waals surface area contributed by atoms with Gasteiger partial charge in [0, 0.05) is 6.54 Å². The molecule has 0 saturated carbocycles. The van der Waals surface area contributed by atoms with Crippen LogP contribution in [0.3, 0.4) is 0 Å². The minimum atomic E-state index is -0.332. The molecule has 1 aromatic carbocycles. The average Bonchev–Trinajstić information content (AvgIpc) is 3.27. The Labute approximate surface area is 183 Å². The van der Waals surface area contributed by atoms with E-state index in [1.54, 1.807) is 43.4 Å². The predicted molar refractivity (Wildman–Crippen MR) is 118 cm³/mol. The first kappa shape index (κ1) is 21.0. The monoisotopic (exact) mass is 434 g/mol. The van der Waals surface area contributed by atoms with Crippen molar-refractivity contribution in [3.8, 4) is 22.9 Å². The molecule has 0 aliphatic carbocycles. The molecule has 32 heavy (non-hydrogen) atoms. The van der Waals surface area contributed by atoms with Gasteiger partial charge in [-0.2, -0.15) is 0 Å². The Balaban J connectivity index is 1.55. The van der Waals surface area contributed by atoms with Gasteiger partial charge < -0.3 is 14.8 Å². The third kappa shape index (κ3) is 4.56. The summed E-state index contributed by atoms with van der Waals surface area (Å²) in [5.41, 5.74) is 3.06. The van der Waals surface area contributed by atoms with Crippen LogP contribution >= 0.6 is 0 Å². The van der Waals surface area contributed by atoms with Gasteiger partial charge in [0.15, 0.2) is 17.1 Å². The number of hydrogen-bond acceptors (Lipinski definition) is 8. The molecule has 4 rings (SSSR count). The lowest BCUT2D eigenvalue weighted by Gasteiger charge is -2.09. The predicted octanol–water partition coefficient (Wildman–Crippen LogP) is 2.49. The van der Waals surface area contributed by atoms with Gasteiger partial charge in [0.25, 0.3) is 0 Å². The Morgan fingerprint density at radius 2 is 1.91 bits per heavy atom. The average molecular weight is 434 g/mol. The lowest BCUT2D eigenvalue weighted by molar-refractivity contribution is 0.252. The van der Waals surface area contributed by atoms with Gasteiger partial charge in [-0.25, -0.2) is 19.4 Å². The number of hydrogen-bond donors (Lipinski definition) is 2. The van der Waals surface area contributed by atoms with E-state index in [2.05, 4.69) is 35.9 Å². The molecule has 0 fully saturated rings. The maximum atomic E-state index is 11.7. The third-order valence-electron chi connectivity index (χ3n) is 4.58. The Morgan fingerprint density at radius 3 is 2.69 bits per heavy atom. The number of rotatable bonds is 7. The van der Waals surface area contributed by atoms with E-state index in [-0.39, 0.29) is 6.03 Å². The number of nitrogens with zero attached hydrogens (tertiary/aromatic N) is 6. The Morgan fingerprint density at radius 1 is 1.06 bits per heavy atom. The molecule has 2 N–H and O–H groups in total. The molecule has 2 amide bonds. The number of amides is 2. The summed E-state index contributed by atoms with van der Waals surface area (Å²) in [6, 6.07) is 8.76. The number of nitrogens with one attached hydrogen (secondary N) is 2. The van der Waals surface area contributed by atoms with Crippen molar-refractivity contribution in [3.63, 3.8) is 0 Å². The molecule has 11 heteroatoms. The molecule has 3 aromatic heterocycles. The van der Waals surface area contributed by atoms with Crippen LogP contribution in [-0.2, 0) is 6.54 Å². The number of pyridine rings is 1. The molecule has 0 spiro atoms. The molecule has 0 unspecified atom stereocenters. The van der Waals surface area contributed by atoms with Crippen molar-refractivity contribution in [2.24, 2.45) is 0 Å². The number of benzene rings is 1. The van der Waals surface area contributed by atoms with Crippen molar-refractivity contribution in [3.05, 3.63) is 48.3 Å². The van der Waals surface area contributed by atoms with Crippen LogP contribution in [0.15, 0.2) is 42.7 Å². The smallest absolute Gasteiger partial charge is 0.320 e. The third-order valence-corrected chi connectivity index (χ3v) is 4.58. The molecule has 0 radical (unpaired) electrons. The first-order chi connectivity index (χ1) is 15.6. The van der Waals surface area contributed by atoms with Crippen molar-refractivity contribution in [2.45, 2.75) is 13.5 Å². The van der Waals surface area contributed by atoms with E-state index >= 15 is 0 Å². The van der Waals surface area contributed by atoms with E-state index in [4.69, 9.17) is 9.47 Å². The van der Waals surface area contributed by atoms with E-state index in [9.17, 15) is 4.79 Å². The minimum Gasteiger partial charge on any atom is -0.493 e. The van der Waals surface area contributed by atoms with Gasteiger partial charge in [0.2, 0.25) is 0 Å². The van der Waals surface area contributed by atoms with Gasteiger partial charge in [-0.15, -0.1) is 5.10 Å². The first-order valence-electron chi connectivity index (χ1n) is 9.89. The largest absolute Gasteiger partial charge is 0.493 e. The fraction of sp³-hybridized carbons (Fsp3) is 0.238. The Kier molecular flexibility index (Phi) is 6.06. The standard InChI is InChI=1S/C21H22N8O3/c1-4-22-21(30)26-19-8-6-14-20(25-19)24-15(10-23-14)16-12-29(28-27-16)11-13-5-7-17(31-2)18(9-13)32-3/h5-10,12H,4,11H2,1-3H3,(H2,22,24,25,26,30). The van der Waals surface area contributed by atoms with E-state index in [1.165, 1.54) is 0 Å². The number of carbonyl (C=O) groups is 1. The van der Waals surface area contributed by atoms with Crippen LogP contribution in [0.4, 0.5) is 10.6 Å². The van der Waals surface area contributed by atoms with Crippen molar-refractivity contribution in [1.82, 2.24) is 35.3 Å². The normalized spacial score (nSPS) is 10.7. The highest BCUT2D eigenvalue weighted by molar-refractivity contribution is 5.89. The lowest BCUT2D eigenvalue weighted by atomic mass is 10.2. The summed E-state index contributed by atoms with van der Waals surface area (Å²) in [7, 11) is 3.19. The number of carbonyl (C=O) groups excluding carboxylic acids is 1. The zero-order valence-corrected chi connectivity index (χ0v) is 17.9. The number of urea groups is 1. The van der Waals surface area contributed by atoms with Crippen molar-refractivity contribution in [2.75, 3.05) is 26.1 Å². The summed E-state index contributed by atoms with van der Waals surface area (Å²) < 4.78 is 12.3. The molecular weight excluding hydrogens is 412 g/mol. The molecule has 11 nitrogen and oxygen atoms in total. The second kappa shape index (κ2) is 9.25. The minimum absolute atomic E-state index is 0.332. The van der Waals surface area contributed by atoms with Crippen LogP contribution in [0.5, 0.6) is 11.5 Å². The van der Waals surface area contributed by atoms with Gasteiger partial charge in [0.1, 0.15) is 22.7 Å². The molecule has 0 bridgehead atoms. The first-order valence-corrected chi connectivity index (χ1v) is 9.89. The van der Waals surface area contributed by atoms with Crippen LogP contribution < -0.4 is 20.1 Å². The summed E-state index contributed by atoms with van der Waals surface area (Å²) in [5, 5.41) is 13.7. The summed E-state index contributed by atoms with van der Waals surface area (Å²) in [5.74, 6) is 1.69. The van der Waals surface area contributed by atoms with Gasteiger partial charge in [0.05, 0.1) is 33.2 Å². The quantitative estimate of drug-likeness (QED) is 0.454. The van der Waals surface area contributed by atoms with Gasteiger partial charge in [-0.05, 0) is 36.8 Å². The van der Waals surface area contributed by atoms with Crippen molar-refractivity contribution in [1.29, 1.82) is 0 Å². The molecule has 0 saturated heterocycles. The van der Waals surface area contributed by atoms with E-state index in [0.29, 0.717) is 53.0 Å². The van der Waals surface area contributed by atoms with E-state index < -0.39 is 0 Å². The summed E-state index contributed by atoms with van der Waals surface area (Å²) >= 11 is 0. The molecule has 0 aliphatic heterocycles. The highest BCUT2D eigenvalue weighted by atomic mass is 16.5. The topological polar surface area (TPSA) is 129 Å². The second-order valence-electron chi connectivity index (χ2n) is 6.77. The highest BCUT2D eigenvalue weighted by Gasteiger charge is 2.11. The van der Waals surface area contributed by atoms with Crippen molar-refractivity contribution >= 4 is 23.0 Å². The summed E-state index contributed by atoms with van der Waals surface area (Å²) in [6.07, 6.45) is 3.40. The maximum Gasteiger partial charge on any atom is 0.320 e. The summed E-state index contributed by atoms with van der Waals surface area (Å²) in [6.45, 7) is 2.85. The van der Waals surface area contributed by atoms with Gasteiger partial charge in [-0.1, -0.05) is 11.3 Å². The maximum absolute atomic E-state index is 11.7. The van der Waals surface area contributed by atoms with Gasteiger partial charge in [-0.3, -0.25) is 10.3 Å². The molecule has 0 aliphatic rings. The van der Waals surface area contributed by atoms with Gasteiger partial charge >= 0.3 is 6.03 Å². The van der Waals surface area contributed by atoms with E-state index in [1.807, 2.05) is 25.1 Å². The zero-order chi connectivity index (χ0) is 22.5. The zero-order valence-electron chi connectivity index (χ0n) is 17.9. The number of aromatic nitrogens is 6. The fourth-order valence-corrected chi connectivity index (χ4v) is 3.07. The van der Waals surface area contributed by atoms with Crippen molar-refractivity contribution < 1.29 is 14.3 Å². The lowest BCUT2D eigenvalue weighted by Crippen LogP contribution is -2.28. The van der Waals surface area contributed by atoms with E-state index in [0.717, 1.165) is 5.56 Å². The number of methoxy groups -OCH3 is 2. The number of anilines is 1.